The maximum Gasteiger partial charge on any atom is 0.322 e. The van der Waals surface area contributed by atoms with Gasteiger partial charge in [0.1, 0.15) is 11.6 Å². The molecule has 0 aliphatic carbocycles. The van der Waals surface area contributed by atoms with Crippen LogP contribution in [0.15, 0.2) is 65.7 Å². The summed E-state index contributed by atoms with van der Waals surface area (Å²) in [4.78, 5) is 58.1. The van der Waals surface area contributed by atoms with E-state index in [0.29, 0.717) is 35.2 Å². The van der Waals surface area contributed by atoms with Gasteiger partial charge in [0.15, 0.2) is 27.0 Å². The number of halogens is 1. The second-order valence-electron chi connectivity index (χ2n) is 10.8. The predicted molar refractivity (Wildman–Crippen MR) is 155 cm³/mol. The standard InChI is InChI=1S/C31H29ClN2O7S/c1-19-15-23(20-7-5-8-21(16-20)42(2,39)40)24(32)17-22(19)28-29(37)31(41-30(28)38)12-6-14-34(18-31)27(36)11-10-26(35)25-9-3-4-13-33-25/h3-5,7-9,13,15-17,28H,6,10-12,14,18H2,1-2H3. The van der Waals surface area contributed by atoms with Gasteiger partial charge in [-0.05, 0) is 72.9 Å². The summed E-state index contributed by atoms with van der Waals surface area (Å²) in [5.74, 6) is -2.89. The second kappa shape index (κ2) is 11.4. The number of carbonyl (C=O) groups excluding carboxylic acids is 4. The number of ketones is 2. The molecule has 2 aliphatic heterocycles. The highest BCUT2D eigenvalue weighted by Gasteiger charge is 2.58. The lowest BCUT2D eigenvalue weighted by Crippen LogP contribution is -2.54. The molecule has 3 heterocycles. The number of pyridine rings is 1. The molecular formula is C31H29ClN2O7S. The Kier molecular flexibility index (Phi) is 8.04. The van der Waals surface area contributed by atoms with Crippen molar-refractivity contribution in [1.29, 1.82) is 0 Å². The Morgan fingerprint density at radius 3 is 2.60 bits per heavy atom. The van der Waals surface area contributed by atoms with Crippen molar-refractivity contribution < 1.29 is 32.3 Å². The zero-order chi connectivity index (χ0) is 30.2. The van der Waals surface area contributed by atoms with Gasteiger partial charge in [0.05, 0.1) is 11.4 Å². The van der Waals surface area contributed by atoms with E-state index in [4.69, 9.17) is 16.3 Å². The van der Waals surface area contributed by atoms with Crippen LogP contribution in [0, 0.1) is 6.92 Å². The van der Waals surface area contributed by atoms with Gasteiger partial charge < -0.3 is 9.64 Å². The predicted octanol–water partition coefficient (Wildman–Crippen LogP) is 4.35. The average Bonchev–Trinajstić information content (AvgIpc) is 3.20. The molecule has 0 bridgehead atoms. The molecule has 2 aliphatic rings. The first-order valence-corrected chi connectivity index (χ1v) is 15.8. The molecule has 0 saturated carbocycles. The monoisotopic (exact) mass is 608 g/mol. The van der Waals surface area contributed by atoms with Gasteiger partial charge in [0, 0.05) is 42.4 Å². The van der Waals surface area contributed by atoms with Crippen LogP contribution in [0.5, 0.6) is 0 Å². The third kappa shape index (κ3) is 5.73. The number of sulfone groups is 1. The normalized spacial score (nSPS) is 20.5. The molecule has 5 rings (SSSR count). The van der Waals surface area contributed by atoms with E-state index >= 15 is 0 Å². The van der Waals surface area contributed by atoms with Crippen LogP contribution in [-0.4, -0.2) is 66.7 Å². The van der Waals surface area contributed by atoms with Crippen molar-refractivity contribution in [2.75, 3.05) is 19.3 Å². The highest BCUT2D eigenvalue weighted by Crippen LogP contribution is 2.43. The Labute approximate surface area is 248 Å². The lowest BCUT2D eigenvalue weighted by atomic mass is 9.81. The first-order chi connectivity index (χ1) is 19.9. The van der Waals surface area contributed by atoms with Crippen molar-refractivity contribution >= 4 is 44.9 Å². The zero-order valence-electron chi connectivity index (χ0n) is 23.1. The van der Waals surface area contributed by atoms with Gasteiger partial charge in [-0.25, -0.2) is 8.42 Å². The molecule has 218 valence electrons. The van der Waals surface area contributed by atoms with Crippen LogP contribution in [0.25, 0.3) is 11.1 Å². The maximum atomic E-state index is 13.8. The first kappa shape index (κ1) is 29.6. The van der Waals surface area contributed by atoms with Gasteiger partial charge >= 0.3 is 5.97 Å². The number of Topliss-reactive ketones (excluding diaryl/α,β-unsaturated/α-hetero) is 2. The number of hydrogen-bond acceptors (Lipinski definition) is 8. The summed E-state index contributed by atoms with van der Waals surface area (Å²) in [5.41, 5.74) is 0.972. The van der Waals surface area contributed by atoms with E-state index in [2.05, 4.69) is 4.98 Å². The fourth-order valence-electron chi connectivity index (χ4n) is 5.62. The van der Waals surface area contributed by atoms with Crippen molar-refractivity contribution in [1.82, 2.24) is 9.88 Å². The van der Waals surface area contributed by atoms with Gasteiger partial charge in [-0.3, -0.25) is 24.2 Å². The summed E-state index contributed by atoms with van der Waals surface area (Å²) < 4.78 is 29.8. The number of rotatable bonds is 7. The van der Waals surface area contributed by atoms with E-state index < -0.39 is 33.1 Å². The Morgan fingerprint density at radius 1 is 1.10 bits per heavy atom. The third-order valence-corrected chi connectivity index (χ3v) is 9.23. The van der Waals surface area contributed by atoms with Crippen LogP contribution < -0.4 is 0 Å². The zero-order valence-corrected chi connectivity index (χ0v) is 24.7. The molecule has 2 atom stereocenters. The first-order valence-electron chi connectivity index (χ1n) is 13.5. The van der Waals surface area contributed by atoms with Crippen LogP contribution in [0.4, 0.5) is 0 Å². The lowest BCUT2D eigenvalue weighted by molar-refractivity contribution is -0.160. The van der Waals surface area contributed by atoms with E-state index in [9.17, 15) is 27.6 Å². The molecule has 42 heavy (non-hydrogen) atoms. The number of esters is 1. The molecule has 2 aromatic carbocycles. The number of benzene rings is 2. The minimum Gasteiger partial charge on any atom is -0.448 e. The van der Waals surface area contributed by atoms with Crippen LogP contribution in [-0.2, 0) is 29.0 Å². The number of ether oxygens (including phenoxy) is 1. The van der Waals surface area contributed by atoms with Crippen LogP contribution >= 0.6 is 11.6 Å². The third-order valence-electron chi connectivity index (χ3n) is 7.81. The summed E-state index contributed by atoms with van der Waals surface area (Å²) in [7, 11) is -3.44. The molecule has 2 saturated heterocycles. The van der Waals surface area contributed by atoms with Crippen LogP contribution in [0.2, 0.25) is 5.02 Å². The smallest absolute Gasteiger partial charge is 0.322 e. The average molecular weight is 609 g/mol. The summed E-state index contributed by atoms with van der Waals surface area (Å²) in [6.07, 6.45) is 3.31. The van der Waals surface area contributed by atoms with E-state index in [0.717, 1.165) is 6.26 Å². The molecule has 2 fully saturated rings. The Balaban J connectivity index is 1.34. The van der Waals surface area contributed by atoms with Crippen molar-refractivity contribution in [3.8, 4) is 11.1 Å². The fraction of sp³-hybridized carbons (Fsp3) is 0.323. The lowest BCUT2D eigenvalue weighted by Gasteiger charge is -2.38. The number of amides is 1. The number of piperidine rings is 1. The highest BCUT2D eigenvalue weighted by molar-refractivity contribution is 7.90. The number of nitrogens with zero attached hydrogens (tertiary/aromatic N) is 2. The van der Waals surface area contributed by atoms with Gasteiger partial charge in [-0.15, -0.1) is 0 Å². The molecule has 0 radical (unpaired) electrons. The molecular weight excluding hydrogens is 580 g/mol. The summed E-state index contributed by atoms with van der Waals surface area (Å²) in [6.45, 7) is 2.06. The molecule has 2 unspecified atom stereocenters. The Bertz CT molecular complexity index is 1710. The van der Waals surface area contributed by atoms with Crippen molar-refractivity contribution in [2.24, 2.45) is 0 Å². The van der Waals surface area contributed by atoms with Gasteiger partial charge in [0.25, 0.3) is 0 Å². The van der Waals surface area contributed by atoms with Crippen molar-refractivity contribution in [2.45, 2.75) is 49.0 Å². The fourth-order valence-corrected chi connectivity index (χ4v) is 6.57. The van der Waals surface area contributed by atoms with Crippen molar-refractivity contribution in [3.63, 3.8) is 0 Å². The number of hydrogen-bond donors (Lipinski definition) is 0. The summed E-state index contributed by atoms with van der Waals surface area (Å²) in [5, 5.41) is 0.251. The topological polar surface area (TPSA) is 128 Å². The van der Waals surface area contributed by atoms with E-state index in [1.165, 1.54) is 23.2 Å². The number of likely N-dealkylation sites (tertiary alicyclic amines) is 1. The van der Waals surface area contributed by atoms with E-state index in [-0.39, 0.29) is 53.1 Å². The van der Waals surface area contributed by atoms with Gasteiger partial charge in [0.2, 0.25) is 5.91 Å². The molecule has 0 N–H and O–H groups in total. The molecule has 11 heteroatoms. The summed E-state index contributed by atoms with van der Waals surface area (Å²) in [6, 6.07) is 14.6. The van der Waals surface area contributed by atoms with E-state index in [1.807, 2.05) is 0 Å². The SMILES string of the molecule is Cc1cc(-c2cccc(S(C)(=O)=O)c2)c(Cl)cc1C1C(=O)OC2(CCCN(C(=O)CCC(=O)c3ccccn3)C2)C1=O. The van der Waals surface area contributed by atoms with Crippen LogP contribution in [0.1, 0.15) is 53.2 Å². The molecule has 9 nitrogen and oxygen atoms in total. The Morgan fingerprint density at radius 2 is 1.88 bits per heavy atom. The molecule has 1 amide bonds. The van der Waals surface area contributed by atoms with Gasteiger partial charge in [-0.2, -0.15) is 0 Å². The minimum absolute atomic E-state index is 0.0210. The minimum atomic E-state index is -3.44. The quantitative estimate of drug-likeness (QED) is 0.220. The summed E-state index contributed by atoms with van der Waals surface area (Å²) >= 11 is 6.63. The highest BCUT2D eigenvalue weighted by atomic mass is 35.5. The van der Waals surface area contributed by atoms with Crippen molar-refractivity contribution in [3.05, 3.63) is 82.6 Å². The largest absolute Gasteiger partial charge is 0.448 e. The number of carbonyl (C=O) groups is 4. The second-order valence-corrected chi connectivity index (χ2v) is 13.2. The molecule has 1 aromatic heterocycles. The molecule has 3 aromatic rings. The van der Waals surface area contributed by atoms with E-state index in [1.54, 1.807) is 49.4 Å². The molecule has 1 spiro atoms. The number of aromatic nitrogens is 1. The van der Waals surface area contributed by atoms with Crippen LogP contribution in [0.3, 0.4) is 0 Å². The maximum absolute atomic E-state index is 13.8. The Hall–Kier alpha value is -3.89. The van der Waals surface area contributed by atoms with Gasteiger partial charge in [-0.1, -0.05) is 29.8 Å². The number of aryl methyl sites for hydroxylation is 1.